The van der Waals surface area contributed by atoms with Crippen LogP contribution in [0.3, 0.4) is 0 Å². The average Bonchev–Trinajstić information content (AvgIpc) is 2.86. The van der Waals surface area contributed by atoms with E-state index < -0.39 is 0 Å². The Morgan fingerprint density at radius 3 is 2.80 bits per heavy atom. The molecule has 0 unspecified atom stereocenters. The quantitative estimate of drug-likeness (QED) is 0.840. The molecule has 1 aromatic carbocycles. The van der Waals surface area contributed by atoms with Crippen LogP contribution in [0.4, 0.5) is 0 Å². The minimum absolute atomic E-state index is 0.0403. The monoisotopic (exact) mass is 275 g/mol. The lowest BCUT2D eigenvalue weighted by molar-refractivity contribution is -0.134. The predicted octanol–water partition coefficient (Wildman–Crippen LogP) is 3.79. The van der Waals surface area contributed by atoms with Gasteiger partial charge < -0.3 is 9.64 Å². The summed E-state index contributed by atoms with van der Waals surface area (Å²) in [7, 11) is 1.68. The zero-order valence-corrected chi connectivity index (χ0v) is 13.0. The first kappa shape index (κ1) is 14.9. The van der Waals surface area contributed by atoms with Gasteiger partial charge in [0.05, 0.1) is 13.2 Å². The Balaban J connectivity index is 2.16. The van der Waals surface area contributed by atoms with Gasteiger partial charge in [0.25, 0.3) is 0 Å². The minimum Gasteiger partial charge on any atom is -0.497 e. The van der Waals surface area contributed by atoms with Crippen molar-refractivity contribution in [3.63, 3.8) is 0 Å². The number of hydrogen-bond acceptors (Lipinski definition) is 2. The highest BCUT2D eigenvalue weighted by molar-refractivity contribution is 5.77. The second kappa shape index (κ2) is 5.86. The highest BCUT2D eigenvalue weighted by Crippen LogP contribution is 2.35. The third-order valence-electron chi connectivity index (χ3n) is 3.73. The van der Waals surface area contributed by atoms with E-state index in [0.717, 1.165) is 25.1 Å². The van der Waals surface area contributed by atoms with Crippen LogP contribution in [-0.2, 0) is 4.79 Å². The molecule has 20 heavy (non-hydrogen) atoms. The molecule has 1 fully saturated rings. The fourth-order valence-electron chi connectivity index (χ4n) is 2.82. The van der Waals surface area contributed by atoms with Gasteiger partial charge in [-0.15, -0.1) is 0 Å². The zero-order valence-electron chi connectivity index (χ0n) is 13.0. The number of carbonyl (C=O) groups excluding carboxylic acids is 1. The maximum atomic E-state index is 12.5. The van der Waals surface area contributed by atoms with Crippen molar-refractivity contribution in [1.82, 2.24) is 4.90 Å². The molecule has 1 saturated heterocycles. The van der Waals surface area contributed by atoms with E-state index >= 15 is 0 Å². The summed E-state index contributed by atoms with van der Waals surface area (Å²) < 4.78 is 5.29. The van der Waals surface area contributed by atoms with E-state index in [2.05, 4.69) is 26.8 Å². The van der Waals surface area contributed by atoms with Gasteiger partial charge >= 0.3 is 0 Å². The van der Waals surface area contributed by atoms with Gasteiger partial charge in [-0.05, 0) is 36.0 Å². The van der Waals surface area contributed by atoms with E-state index in [1.165, 1.54) is 5.56 Å². The summed E-state index contributed by atoms with van der Waals surface area (Å²) in [5.41, 5.74) is 1.22. The summed E-state index contributed by atoms with van der Waals surface area (Å²) in [6, 6.07) is 8.29. The summed E-state index contributed by atoms with van der Waals surface area (Å²) in [4.78, 5) is 14.5. The van der Waals surface area contributed by atoms with Crippen LogP contribution in [0, 0.1) is 5.41 Å². The fraction of sp³-hybridized carbons (Fsp3) is 0.588. The second-order valence-corrected chi connectivity index (χ2v) is 6.76. The van der Waals surface area contributed by atoms with Gasteiger partial charge in [0.2, 0.25) is 5.91 Å². The smallest absolute Gasteiger partial charge is 0.223 e. The maximum absolute atomic E-state index is 12.5. The molecule has 1 amide bonds. The number of ether oxygens (including phenoxy) is 1. The molecule has 1 heterocycles. The van der Waals surface area contributed by atoms with Crippen LogP contribution >= 0.6 is 0 Å². The van der Waals surface area contributed by atoms with Crippen molar-refractivity contribution in [2.45, 2.75) is 46.1 Å². The molecule has 0 bridgehead atoms. The summed E-state index contributed by atoms with van der Waals surface area (Å²) >= 11 is 0. The van der Waals surface area contributed by atoms with Gasteiger partial charge in [-0.3, -0.25) is 4.79 Å². The molecule has 1 atom stereocenters. The lowest BCUT2D eigenvalue weighted by Crippen LogP contribution is -2.33. The third kappa shape index (κ3) is 3.53. The van der Waals surface area contributed by atoms with E-state index in [4.69, 9.17) is 4.74 Å². The number of likely N-dealkylation sites (tertiary alicyclic amines) is 1. The fourth-order valence-corrected chi connectivity index (χ4v) is 2.82. The lowest BCUT2D eigenvalue weighted by Gasteiger charge is -2.28. The molecule has 0 aromatic heterocycles. The maximum Gasteiger partial charge on any atom is 0.223 e. The minimum atomic E-state index is 0.0403. The van der Waals surface area contributed by atoms with Crippen LogP contribution < -0.4 is 4.74 Å². The molecule has 0 aliphatic carbocycles. The van der Waals surface area contributed by atoms with E-state index in [1.54, 1.807) is 7.11 Å². The number of carbonyl (C=O) groups is 1. The molecular weight excluding hydrogens is 250 g/mol. The molecule has 1 aliphatic heterocycles. The number of nitrogens with zero attached hydrogens (tertiary/aromatic N) is 1. The molecule has 0 radical (unpaired) electrons. The van der Waals surface area contributed by atoms with Crippen molar-refractivity contribution >= 4 is 5.91 Å². The third-order valence-corrected chi connectivity index (χ3v) is 3.73. The number of hydrogen-bond donors (Lipinski definition) is 0. The van der Waals surface area contributed by atoms with Crippen molar-refractivity contribution < 1.29 is 9.53 Å². The Morgan fingerprint density at radius 2 is 2.15 bits per heavy atom. The van der Waals surface area contributed by atoms with Crippen LogP contribution in [0.2, 0.25) is 0 Å². The predicted molar refractivity (Wildman–Crippen MR) is 80.8 cm³/mol. The van der Waals surface area contributed by atoms with Crippen LogP contribution in [0.25, 0.3) is 0 Å². The van der Waals surface area contributed by atoms with Crippen LogP contribution in [0.15, 0.2) is 24.3 Å². The van der Waals surface area contributed by atoms with Gasteiger partial charge in [-0.1, -0.05) is 32.9 Å². The Labute approximate surface area is 121 Å². The van der Waals surface area contributed by atoms with E-state index in [9.17, 15) is 4.79 Å². The molecular formula is C17H25NO2. The number of rotatable bonds is 3. The van der Waals surface area contributed by atoms with Gasteiger partial charge in [-0.25, -0.2) is 0 Å². The van der Waals surface area contributed by atoms with E-state index in [-0.39, 0.29) is 17.4 Å². The van der Waals surface area contributed by atoms with Crippen molar-refractivity contribution in [3.8, 4) is 5.75 Å². The zero-order chi connectivity index (χ0) is 14.8. The van der Waals surface area contributed by atoms with Crippen molar-refractivity contribution in [2.75, 3.05) is 13.7 Å². The first-order valence-electron chi connectivity index (χ1n) is 7.34. The second-order valence-electron chi connectivity index (χ2n) is 6.76. The van der Waals surface area contributed by atoms with E-state index in [0.29, 0.717) is 6.42 Å². The first-order chi connectivity index (χ1) is 9.40. The highest BCUT2D eigenvalue weighted by Gasteiger charge is 2.31. The van der Waals surface area contributed by atoms with Gasteiger partial charge in [0.1, 0.15) is 5.75 Å². The summed E-state index contributed by atoms with van der Waals surface area (Å²) in [6.07, 6.45) is 2.73. The number of methoxy groups -OCH3 is 1. The molecule has 110 valence electrons. The number of amides is 1. The van der Waals surface area contributed by atoms with Crippen LogP contribution in [0.5, 0.6) is 5.75 Å². The lowest BCUT2D eigenvalue weighted by atomic mass is 9.91. The molecule has 3 nitrogen and oxygen atoms in total. The molecule has 0 spiro atoms. The molecule has 1 aliphatic rings. The molecule has 0 N–H and O–H groups in total. The van der Waals surface area contributed by atoms with Crippen molar-refractivity contribution in [1.29, 1.82) is 0 Å². The molecule has 1 aromatic rings. The molecule has 2 rings (SSSR count). The Kier molecular flexibility index (Phi) is 4.36. The summed E-state index contributed by atoms with van der Waals surface area (Å²) in [6.45, 7) is 7.21. The average molecular weight is 275 g/mol. The summed E-state index contributed by atoms with van der Waals surface area (Å²) in [5.74, 6) is 1.13. The van der Waals surface area contributed by atoms with E-state index in [1.807, 2.05) is 23.1 Å². The molecule has 3 heteroatoms. The van der Waals surface area contributed by atoms with Crippen molar-refractivity contribution in [2.24, 2.45) is 5.41 Å². The van der Waals surface area contributed by atoms with Gasteiger partial charge in [-0.2, -0.15) is 0 Å². The Morgan fingerprint density at radius 1 is 1.40 bits per heavy atom. The molecule has 0 saturated carbocycles. The Hall–Kier alpha value is -1.51. The Bertz CT molecular complexity index is 476. The topological polar surface area (TPSA) is 29.5 Å². The highest BCUT2D eigenvalue weighted by atomic mass is 16.5. The van der Waals surface area contributed by atoms with Gasteiger partial charge in [0, 0.05) is 13.0 Å². The largest absolute Gasteiger partial charge is 0.497 e. The van der Waals surface area contributed by atoms with Crippen molar-refractivity contribution in [3.05, 3.63) is 29.8 Å². The summed E-state index contributed by atoms with van der Waals surface area (Å²) in [5, 5.41) is 0. The van der Waals surface area contributed by atoms with Gasteiger partial charge in [0.15, 0.2) is 0 Å². The SMILES string of the molecule is COc1cccc([C@H]2CCCN2C(=O)CC(C)(C)C)c1. The van der Waals surface area contributed by atoms with Crippen LogP contribution in [-0.4, -0.2) is 24.5 Å². The van der Waals surface area contributed by atoms with Crippen LogP contribution in [0.1, 0.15) is 51.6 Å². The standard InChI is InChI=1S/C17H25NO2/c1-17(2,3)12-16(19)18-10-6-9-15(18)13-7-5-8-14(11-13)20-4/h5,7-8,11,15H,6,9-10,12H2,1-4H3/t15-/m1/s1. The number of benzene rings is 1. The first-order valence-corrected chi connectivity index (χ1v) is 7.34. The normalized spacial score (nSPS) is 19.2.